The predicted octanol–water partition coefficient (Wildman–Crippen LogP) is 5.03. The first-order valence-corrected chi connectivity index (χ1v) is 7.08. The molecule has 27 heavy (non-hydrogen) atoms. The summed E-state index contributed by atoms with van der Waals surface area (Å²) in [5.41, 5.74) is -2.54. The van der Waals surface area contributed by atoms with E-state index in [4.69, 9.17) is 10.5 Å². The lowest BCUT2D eigenvalue weighted by Crippen LogP contribution is -2.08. The summed E-state index contributed by atoms with van der Waals surface area (Å²) in [7, 11) is 0. The number of benzene rings is 2. The fraction of sp³-hybridized carbons (Fsp3) is 0.176. The molecule has 0 unspecified atom stereocenters. The third-order valence-corrected chi connectivity index (χ3v) is 3.47. The fourth-order valence-corrected chi connectivity index (χ4v) is 2.29. The first-order valence-electron chi connectivity index (χ1n) is 7.08. The van der Waals surface area contributed by atoms with Gasteiger partial charge in [0, 0.05) is 17.5 Å². The summed E-state index contributed by atoms with van der Waals surface area (Å²) in [6, 6.07) is 4.44. The Balaban J connectivity index is 2.57. The van der Waals surface area contributed by atoms with Crippen molar-refractivity contribution < 1.29 is 35.8 Å². The zero-order valence-electron chi connectivity index (χ0n) is 13.1. The van der Waals surface area contributed by atoms with Gasteiger partial charge in [-0.25, -0.2) is 0 Å². The molecule has 0 N–H and O–H groups in total. The van der Waals surface area contributed by atoms with Crippen LogP contribution in [0.15, 0.2) is 36.4 Å². The van der Waals surface area contributed by atoms with E-state index in [1.54, 1.807) is 0 Å². The molecular formula is C17H8F6N2O2. The molecule has 2 rings (SSSR count). The molecule has 0 spiro atoms. The zero-order valence-corrected chi connectivity index (χ0v) is 13.1. The summed E-state index contributed by atoms with van der Waals surface area (Å²) in [6.07, 6.45) is -7.32. The number of nitriles is 2. The number of halogens is 6. The van der Waals surface area contributed by atoms with Gasteiger partial charge in [0.25, 0.3) is 12.5 Å². The minimum Gasteiger partial charge on any atom is -0.388 e. The van der Waals surface area contributed by atoms with Gasteiger partial charge in [-0.2, -0.15) is 26.3 Å². The van der Waals surface area contributed by atoms with Crippen LogP contribution in [0, 0.1) is 23.0 Å². The van der Waals surface area contributed by atoms with Gasteiger partial charge in [0.05, 0.1) is 11.1 Å². The van der Waals surface area contributed by atoms with Crippen molar-refractivity contribution in [1.82, 2.24) is 0 Å². The van der Waals surface area contributed by atoms with Crippen LogP contribution in [0.4, 0.5) is 26.3 Å². The van der Waals surface area contributed by atoms with Crippen molar-refractivity contribution in [2.45, 2.75) is 18.8 Å². The van der Waals surface area contributed by atoms with Crippen LogP contribution in [0.5, 0.6) is 11.5 Å². The molecule has 4 nitrogen and oxygen atoms in total. The third kappa shape index (κ3) is 4.82. The Morgan fingerprint density at radius 1 is 0.704 bits per heavy atom. The van der Waals surface area contributed by atoms with Gasteiger partial charge >= 0.3 is 12.4 Å². The maximum Gasteiger partial charge on any atom is 0.416 e. The van der Waals surface area contributed by atoms with Crippen LogP contribution in [0.2, 0.25) is 0 Å². The molecule has 2 aromatic carbocycles. The van der Waals surface area contributed by atoms with Crippen LogP contribution in [-0.2, 0) is 18.8 Å². The first-order chi connectivity index (χ1) is 12.6. The van der Waals surface area contributed by atoms with Gasteiger partial charge in [-0.3, -0.25) is 0 Å². The van der Waals surface area contributed by atoms with Gasteiger partial charge in [0.15, 0.2) is 0 Å². The van der Waals surface area contributed by atoms with E-state index in [1.807, 2.05) is 0 Å². The highest BCUT2D eigenvalue weighted by atomic mass is 19.4. The number of nitrogens with zero attached hydrogens (tertiary/aromatic N) is 2. The van der Waals surface area contributed by atoms with Gasteiger partial charge in [-0.1, -0.05) is 0 Å². The van der Waals surface area contributed by atoms with Crippen LogP contribution in [0.3, 0.4) is 0 Å². The number of alkyl halides is 6. The second kappa shape index (κ2) is 7.46. The van der Waals surface area contributed by atoms with Gasteiger partial charge in [-0.05, 0) is 36.4 Å². The average molecular weight is 386 g/mol. The molecule has 0 aromatic heterocycles. The van der Waals surface area contributed by atoms with E-state index >= 15 is 0 Å². The maximum absolute atomic E-state index is 12.9. The topological polar surface area (TPSA) is 66.0 Å². The highest BCUT2D eigenvalue weighted by Gasteiger charge is 2.33. The molecular weight excluding hydrogens is 378 g/mol. The molecule has 0 bridgehead atoms. The van der Waals surface area contributed by atoms with Gasteiger partial charge < -0.3 is 9.47 Å². The molecule has 0 saturated carbocycles. The van der Waals surface area contributed by atoms with Crippen LogP contribution in [0.1, 0.15) is 22.3 Å². The smallest absolute Gasteiger partial charge is 0.388 e. The lowest BCUT2D eigenvalue weighted by atomic mass is 9.99. The summed E-state index contributed by atoms with van der Waals surface area (Å²) in [5.74, 6) is -0.517. The van der Waals surface area contributed by atoms with E-state index in [0.29, 0.717) is 24.3 Å². The lowest BCUT2D eigenvalue weighted by Gasteiger charge is -2.14. The minimum atomic E-state index is -4.71. The maximum atomic E-state index is 12.9. The quantitative estimate of drug-likeness (QED) is 0.546. The molecule has 140 valence electrons. The molecule has 0 radical (unpaired) electrons. The van der Waals surface area contributed by atoms with Crippen molar-refractivity contribution in [3.05, 3.63) is 58.7 Å². The second-order valence-corrected chi connectivity index (χ2v) is 5.20. The molecule has 0 aliphatic rings. The summed E-state index contributed by atoms with van der Waals surface area (Å²) < 4.78 is 86.7. The van der Waals surface area contributed by atoms with E-state index < -0.39 is 29.9 Å². The summed E-state index contributed by atoms with van der Waals surface area (Å²) in [6.45, 7) is 0. The van der Waals surface area contributed by atoms with Crippen LogP contribution in [0.25, 0.3) is 0 Å². The minimum absolute atomic E-state index is 0.200. The molecule has 0 aliphatic heterocycles. The van der Waals surface area contributed by atoms with E-state index in [0.717, 1.165) is 12.1 Å². The van der Waals surface area contributed by atoms with Gasteiger partial charge in [0.2, 0.25) is 0 Å². The van der Waals surface area contributed by atoms with Crippen LogP contribution in [-0.4, -0.2) is 0 Å². The van der Waals surface area contributed by atoms with E-state index in [1.165, 1.54) is 12.5 Å². The Morgan fingerprint density at radius 2 is 1.07 bits per heavy atom. The van der Waals surface area contributed by atoms with Crippen molar-refractivity contribution in [1.29, 1.82) is 10.5 Å². The van der Waals surface area contributed by atoms with Crippen molar-refractivity contribution in [3.63, 3.8) is 0 Å². The largest absolute Gasteiger partial charge is 0.416 e. The third-order valence-electron chi connectivity index (χ3n) is 3.47. The van der Waals surface area contributed by atoms with Crippen LogP contribution >= 0.6 is 0 Å². The summed E-state index contributed by atoms with van der Waals surface area (Å²) in [4.78, 5) is 0. The van der Waals surface area contributed by atoms with Gasteiger partial charge in [0.1, 0.15) is 11.5 Å². The Hall–Kier alpha value is -3.40. The summed E-state index contributed by atoms with van der Waals surface area (Å²) >= 11 is 0. The van der Waals surface area contributed by atoms with Gasteiger partial charge in [-0.15, -0.1) is 10.5 Å². The zero-order chi connectivity index (χ0) is 20.2. The monoisotopic (exact) mass is 386 g/mol. The molecule has 0 amide bonds. The lowest BCUT2D eigenvalue weighted by molar-refractivity contribution is -0.138. The Bertz CT molecular complexity index is 847. The second-order valence-electron chi connectivity index (χ2n) is 5.20. The van der Waals surface area contributed by atoms with Crippen LogP contribution < -0.4 is 9.47 Å². The Morgan fingerprint density at radius 3 is 1.37 bits per heavy atom. The average Bonchev–Trinajstić information content (AvgIpc) is 2.56. The molecule has 0 saturated heterocycles. The normalized spacial score (nSPS) is 11.4. The van der Waals surface area contributed by atoms with Crippen molar-refractivity contribution >= 4 is 0 Å². The van der Waals surface area contributed by atoms with E-state index in [9.17, 15) is 26.3 Å². The molecule has 10 heteroatoms. The standard InChI is InChI=1S/C17H8F6N2O2/c18-16(19,20)12-1-3-14(26-8-24)10(6-12)5-11-7-13(17(21,22)23)2-4-15(11)27-9-25/h1-4,6-7H,5H2. The number of ether oxygens (including phenoxy) is 2. The number of rotatable bonds is 4. The first kappa shape index (κ1) is 19.9. The van der Waals surface area contributed by atoms with Crippen molar-refractivity contribution in [2.24, 2.45) is 0 Å². The molecule has 0 fully saturated rings. The highest BCUT2D eigenvalue weighted by molar-refractivity contribution is 5.47. The number of hydrogen-bond donors (Lipinski definition) is 0. The fourth-order valence-electron chi connectivity index (χ4n) is 2.29. The predicted molar refractivity (Wildman–Crippen MR) is 78.2 cm³/mol. The van der Waals surface area contributed by atoms with Crippen molar-refractivity contribution in [2.75, 3.05) is 0 Å². The Kier molecular flexibility index (Phi) is 5.50. The van der Waals surface area contributed by atoms with E-state index in [-0.39, 0.29) is 22.6 Å². The molecule has 0 atom stereocenters. The molecule has 2 aromatic rings. The van der Waals surface area contributed by atoms with E-state index in [2.05, 4.69) is 9.47 Å². The Labute approximate surface area is 148 Å². The summed E-state index contributed by atoms with van der Waals surface area (Å²) in [5, 5.41) is 17.2. The molecule has 0 aliphatic carbocycles. The highest BCUT2D eigenvalue weighted by Crippen LogP contribution is 2.37. The number of hydrogen-bond acceptors (Lipinski definition) is 4. The SMILES string of the molecule is N#COc1ccc(C(F)(F)F)cc1Cc1cc(C(F)(F)F)ccc1OC#N. The molecule has 0 heterocycles. The van der Waals surface area contributed by atoms with Crippen molar-refractivity contribution in [3.8, 4) is 24.0 Å².